The lowest BCUT2D eigenvalue weighted by molar-refractivity contribution is 0.0981. The second-order valence-corrected chi connectivity index (χ2v) is 12.1. The van der Waals surface area contributed by atoms with Gasteiger partial charge in [0.2, 0.25) is 0 Å². The molecule has 0 bridgehead atoms. The van der Waals surface area contributed by atoms with E-state index in [0.29, 0.717) is 30.6 Å². The average molecular weight is 540 g/mol. The summed E-state index contributed by atoms with van der Waals surface area (Å²) in [6.45, 7) is 13.5. The van der Waals surface area contributed by atoms with Crippen LogP contribution in [0.1, 0.15) is 57.0 Å². The van der Waals surface area contributed by atoms with Gasteiger partial charge in [0.25, 0.3) is 15.9 Å². The Balaban J connectivity index is 0.00000420. The highest BCUT2D eigenvalue weighted by Crippen LogP contribution is 2.39. The van der Waals surface area contributed by atoms with E-state index in [1.165, 1.54) is 18.2 Å². The molecule has 0 radical (unpaired) electrons. The first kappa shape index (κ1) is 27.4. The molecule has 9 nitrogen and oxygen atoms in total. The molecule has 1 aliphatic heterocycles. The first-order valence-electron chi connectivity index (χ1n) is 12.6. The molecule has 1 atom stereocenters. The third kappa shape index (κ3) is 5.45. The molecule has 0 unspecified atom stereocenters. The summed E-state index contributed by atoms with van der Waals surface area (Å²) >= 11 is 0. The number of nitrogens with one attached hydrogen (secondary N) is 1. The molecule has 0 aliphatic carbocycles. The minimum Gasteiger partial charge on any atom is -0.494 e. The molecule has 1 aliphatic rings. The SMILES string of the molecule is CCOc1cc(C)c(-c2ccc(C(=O)NS(=O)(=O)c3cccc(N)n3)c(N3C[C@@H](C)CC3(C)C)n2)cc1C.[HH]. The van der Waals surface area contributed by atoms with Crippen molar-refractivity contribution >= 4 is 27.6 Å². The molecule has 1 saturated heterocycles. The van der Waals surface area contributed by atoms with Gasteiger partial charge in [0, 0.05) is 19.1 Å². The van der Waals surface area contributed by atoms with Crippen molar-refractivity contribution in [1.29, 1.82) is 0 Å². The van der Waals surface area contributed by atoms with Gasteiger partial charge in [-0.05, 0) is 94.5 Å². The minimum absolute atomic E-state index is 0. The van der Waals surface area contributed by atoms with Crippen molar-refractivity contribution in [3.05, 3.63) is 59.2 Å². The van der Waals surface area contributed by atoms with E-state index in [4.69, 9.17) is 15.5 Å². The fraction of sp³-hybridized carbons (Fsp3) is 0.393. The fourth-order valence-electron chi connectivity index (χ4n) is 5.13. The molecule has 10 heteroatoms. The molecule has 204 valence electrons. The number of aromatic nitrogens is 2. The number of nitrogens with two attached hydrogens (primary N) is 1. The van der Waals surface area contributed by atoms with Gasteiger partial charge in [-0.1, -0.05) is 13.0 Å². The van der Waals surface area contributed by atoms with Gasteiger partial charge in [0.1, 0.15) is 17.4 Å². The second-order valence-electron chi connectivity index (χ2n) is 10.5. The molecule has 1 amide bonds. The number of rotatable bonds is 7. The summed E-state index contributed by atoms with van der Waals surface area (Å²) in [4.78, 5) is 24.4. The number of benzene rings is 1. The van der Waals surface area contributed by atoms with Crippen molar-refractivity contribution in [3.63, 3.8) is 0 Å². The zero-order chi connectivity index (χ0) is 27.8. The van der Waals surface area contributed by atoms with Gasteiger partial charge in [-0.2, -0.15) is 8.42 Å². The maximum atomic E-state index is 13.4. The fourth-order valence-corrected chi connectivity index (χ4v) is 6.07. The number of carbonyl (C=O) groups is 1. The Bertz CT molecular complexity index is 1490. The van der Waals surface area contributed by atoms with Crippen LogP contribution >= 0.6 is 0 Å². The number of hydrogen-bond acceptors (Lipinski definition) is 8. The Morgan fingerprint density at radius 1 is 1.18 bits per heavy atom. The normalized spacial score (nSPS) is 16.9. The van der Waals surface area contributed by atoms with Gasteiger partial charge < -0.3 is 15.4 Å². The number of amides is 1. The highest BCUT2D eigenvalue weighted by Gasteiger charge is 2.39. The van der Waals surface area contributed by atoms with Crippen LogP contribution in [0, 0.1) is 19.8 Å². The smallest absolute Gasteiger partial charge is 0.281 e. The van der Waals surface area contributed by atoms with Crippen molar-refractivity contribution in [2.24, 2.45) is 5.92 Å². The van der Waals surface area contributed by atoms with Crippen LogP contribution in [0.3, 0.4) is 0 Å². The largest absolute Gasteiger partial charge is 0.494 e. The van der Waals surface area contributed by atoms with E-state index in [0.717, 1.165) is 28.9 Å². The number of aryl methyl sites for hydroxylation is 2. The molecule has 0 saturated carbocycles. The van der Waals surface area contributed by atoms with Gasteiger partial charge in [-0.25, -0.2) is 14.7 Å². The second kappa shape index (κ2) is 10.2. The van der Waals surface area contributed by atoms with Crippen LogP contribution in [0.25, 0.3) is 11.3 Å². The first-order chi connectivity index (χ1) is 17.8. The Morgan fingerprint density at radius 2 is 1.92 bits per heavy atom. The molecule has 3 aromatic rings. The molecule has 1 fully saturated rings. The van der Waals surface area contributed by atoms with Gasteiger partial charge >= 0.3 is 0 Å². The number of carbonyl (C=O) groups excluding carboxylic acids is 1. The van der Waals surface area contributed by atoms with Gasteiger partial charge in [0.05, 0.1) is 17.9 Å². The van der Waals surface area contributed by atoms with E-state index >= 15 is 0 Å². The number of pyridine rings is 2. The third-order valence-corrected chi connectivity index (χ3v) is 8.03. The maximum Gasteiger partial charge on any atom is 0.281 e. The van der Waals surface area contributed by atoms with Gasteiger partial charge in [-0.3, -0.25) is 4.79 Å². The highest BCUT2D eigenvalue weighted by atomic mass is 32.2. The van der Waals surface area contributed by atoms with Gasteiger partial charge in [-0.15, -0.1) is 0 Å². The van der Waals surface area contributed by atoms with Crippen molar-refractivity contribution in [1.82, 2.24) is 14.7 Å². The summed E-state index contributed by atoms with van der Waals surface area (Å²) in [5, 5.41) is -0.326. The predicted molar refractivity (Wildman–Crippen MR) is 151 cm³/mol. The number of nitrogen functional groups attached to an aromatic ring is 1. The molecule has 0 spiro atoms. The van der Waals surface area contributed by atoms with Crippen LogP contribution in [0.15, 0.2) is 47.5 Å². The molecule has 3 heterocycles. The molecule has 1 aromatic carbocycles. The lowest BCUT2D eigenvalue weighted by Crippen LogP contribution is -2.41. The van der Waals surface area contributed by atoms with Crippen LogP contribution in [-0.4, -0.2) is 43.0 Å². The van der Waals surface area contributed by atoms with Crippen LogP contribution in [0.2, 0.25) is 0 Å². The number of nitrogens with zero attached hydrogens (tertiary/aromatic N) is 3. The summed E-state index contributed by atoms with van der Waals surface area (Å²) in [6.07, 6.45) is 0.909. The van der Waals surface area contributed by atoms with Crippen molar-refractivity contribution in [2.75, 3.05) is 23.8 Å². The predicted octanol–water partition coefficient (Wildman–Crippen LogP) is 4.73. The topological polar surface area (TPSA) is 128 Å². The first-order valence-corrected chi connectivity index (χ1v) is 14.1. The Kier molecular flexibility index (Phi) is 7.38. The average Bonchev–Trinajstić information content (AvgIpc) is 3.12. The molecule has 3 N–H and O–H groups in total. The van der Waals surface area contributed by atoms with E-state index in [1.807, 2.05) is 32.9 Å². The van der Waals surface area contributed by atoms with Crippen LogP contribution in [0.4, 0.5) is 11.6 Å². The summed E-state index contributed by atoms with van der Waals surface area (Å²) in [5.41, 5.74) is 9.12. The number of ether oxygens (including phenoxy) is 1. The lowest BCUT2D eigenvalue weighted by atomic mass is 9.97. The van der Waals surface area contributed by atoms with E-state index in [1.54, 1.807) is 12.1 Å². The Morgan fingerprint density at radius 3 is 2.55 bits per heavy atom. The number of sulfonamides is 1. The lowest BCUT2D eigenvalue weighted by Gasteiger charge is -2.34. The minimum atomic E-state index is -4.25. The van der Waals surface area contributed by atoms with E-state index in [-0.39, 0.29) is 23.4 Å². The van der Waals surface area contributed by atoms with Gasteiger partial charge in [0.15, 0.2) is 5.03 Å². The molecule has 38 heavy (non-hydrogen) atoms. The highest BCUT2D eigenvalue weighted by molar-refractivity contribution is 7.90. The Hall–Kier alpha value is -3.66. The number of anilines is 2. The van der Waals surface area contributed by atoms with Crippen LogP contribution < -0.4 is 20.1 Å². The Labute approximate surface area is 226 Å². The number of hydrogen-bond donors (Lipinski definition) is 2. The van der Waals surface area contributed by atoms with Crippen molar-refractivity contribution in [2.45, 2.75) is 58.5 Å². The van der Waals surface area contributed by atoms with Crippen molar-refractivity contribution < 1.29 is 19.4 Å². The molecular weight excluding hydrogens is 502 g/mol. The van der Waals surface area contributed by atoms with E-state index < -0.39 is 15.9 Å². The van der Waals surface area contributed by atoms with Crippen LogP contribution in [-0.2, 0) is 10.0 Å². The zero-order valence-electron chi connectivity index (χ0n) is 22.7. The summed E-state index contributed by atoms with van der Waals surface area (Å²) in [6, 6.07) is 11.6. The molecular formula is C28H37N5O4S. The third-order valence-electron chi connectivity index (χ3n) is 6.79. The molecule has 2 aromatic heterocycles. The van der Waals surface area contributed by atoms with Crippen LogP contribution in [0.5, 0.6) is 5.75 Å². The zero-order valence-corrected chi connectivity index (χ0v) is 23.5. The summed E-state index contributed by atoms with van der Waals surface area (Å²) in [7, 11) is -4.25. The maximum absolute atomic E-state index is 13.4. The van der Waals surface area contributed by atoms with Crippen molar-refractivity contribution in [3.8, 4) is 17.0 Å². The standard InChI is InChI=1S/C28H35N5O4S.H2/c1-7-37-23-14-18(3)21(13-19(23)4)22-12-11-20(26(30-22)33-16-17(2)15-28(33,5)6)27(34)32-38(35,36)25-10-8-9-24(29)31-25;/h8-14,17H,7,15-16H2,1-6H3,(H2,29,31)(H,32,34);1H/t17-;/m0./s1. The van der Waals surface area contributed by atoms with E-state index in [9.17, 15) is 13.2 Å². The summed E-state index contributed by atoms with van der Waals surface area (Å²) in [5.74, 6) is 0.899. The molecule has 4 rings (SSSR count). The quantitative estimate of drug-likeness (QED) is 0.441. The monoisotopic (exact) mass is 539 g/mol. The summed E-state index contributed by atoms with van der Waals surface area (Å²) < 4.78 is 33.8. The van der Waals surface area contributed by atoms with E-state index in [2.05, 4.69) is 35.4 Å².